The van der Waals surface area contributed by atoms with Gasteiger partial charge in [0.05, 0.1) is 5.69 Å². The molecule has 4 heterocycles. The van der Waals surface area contributed by atoms with E-state index in [0.717, 1.165) is 38.9 Å². The van der Waals surface area contributed by atoms with Crippen molar-refractivity contribution < 1.29 is 0 Å². The number of hydrogen-bond donors (Lipinski definition) is 0. The summed E-state index contributed by atoms with van der Waals surface area (Å²) in [6.07, 6.45) is 9.36. The van der Waals surface area contributed by atoms with Gasteiger partial charge in [0.25, 0.3) is 0 Å². The first kappa shape index (κ1) is 15.5. The summed E-state index contributed by atoms with van der Waals surface area (Å²) in [5.41, 5.74) is 3.78. The molecule has 0 spiro atoms. The molecule has 2 aliphatic heterocycles. The Morgan fingerprint density at radius 1 is 1.17 bits per heavy atom. The van der Waals surface area contributed by atoms with Crippen LogP contribution < -0.4 is 4.90 Å². The highest BCUT2D eigenvalue weighted by Gasteiger charge is 2.29. The predicted molar refractivity (Wildman–Crippen MR) is 95.0 cm³/mol. The van der Waals surface area contributed by atoms with Gasteiger partial charge in [0, 0.05) is 49.6 Å². The highest BCUT2D eigenvalue weighted by molar-refractivity contribution is 5.51. The van der Waals surface area contributed by atoms with Crippen molar-refractivity contribution in [2.75, 3.05) is 25.0 Å². The molecule has 1 saturated heterocycles. The van der Waals surface area contributed by atoms with E-state index < -0.39 is 0 Å². The van der Waals surface area contributed by atoms with Gasteiger partial charge >= 0.3 is 0 Å². The van der Waals surface area contributed by atoms with Crippen molar-refractivity contribution in [1.29, 1.82) is 0 Å². The third-order valence-corrected chi connectivity index (χ3v) is 5.28. The summed E-state index contributed by atoms with van der Waals surface area (Å²) < 4.78 is 0. The molecule has 126 valence electrons. The zero-order valence-electron chi connectivity index (χ0n) is 14.4. The van der Waals surface area contributed by atoms with Gasteiger partial charge in [-0.3, -0.25) is 4.98 Å². The van der Waals surface area contributed by atoms with E-state index in [0.29, 0.717) is 6.04 Å². The van der Waals surface area contributed by atoms with Crippen LogP contribution in [0.2, 0.25) is 0 Å². The molecule has 24 heavy (non-hydrogen) atoms. The van der Waals surface area contributed by atoms with E-state index in [-0.39, 0.29) is 0 Å². The number of nitrogens with zero attached hydrogens (tertiary/aromatic N) is 5. The van der Waals surface area contributed by atoms with Gasteiger partial charge in [0.2, 0.25) is 0 Å². The molecule has 0 aromatic carbocycles. The highest BCUT2D eigenvalue weighted by Crippen LogP contribution is 2.32. The Bertz CT molecular complexity index is 687. The van der Waals surface area contributed by atoms with E-state index in [4.69, 9.17) is 0 Å². The molecular weight excluding hydrogens is 298 g/mol. The molecule has 2 aliphatic rings. The molecule has 1 fully saturated rings. The van der Waals surface area contributed by atoms with Crippen molar-refractivity contribution in [3.63, 3.8) is 0 Å². The van der Waals surface area contributed by atoms with Crippen molar-refractivity contribution in [1.82, 2.24) is 19.9 Å². The molecule has 1 atom stereocenters. The van der Waals surface area contributed by atoms with Gasteiger partial charge < -0.3 is 9.80 Å². The lowest BCUT2D eigenvalue weighted by molar-refractivity contribution is 0.309. The number of pyridine rings is 1. The number of anilines is 1. The van der Waals surface area contributed by atoms with Crippen LogP contribution >= 0.6 is 0 Å². The molecule has 0 unspecified atom stereocenters. The van der Waals surface area contributed by atoms with Crippen LogP contribution in [0.1, 0.15) is 36.2 Å². The Morgan fingerprint density at radius 3 is 3.00 bits per heavy atom. The molecule has 5 nitrogen and oxygen atoms in total. The van der Waals surface area contributed by atoms with Crippen LogP contribution in [0.4, 0.5) is 5.82 Å². The third-order valence-electron chi connectivity index (χ3n) is 5.28. The second-order valence-electron chi connectivity index (χ2n) is 6.96. The molecule has 4 rings (SSSR count). The lowest BCUT2D eigenvalue weighted by Gasteiger charge is -2.32. The fraction of sp³-hybridized carbons (Fsp3) is 0.526. The summed E-state index contributed by atoms with van der Waals surface area (Å²) in [7, 11) is 2.18. The number of fused-ring (bicyclic) bond motifs is 1. The predicted octanol–water partition coefficient (Wildman–Crippen LogP) is 2.46. The van der Waals surface area contributed by atoms with Crippen molar-refractivity contribution >= 4 is 5.82 Å². The van der Waals surface area contributed by atoms with Crippen molar-refractivity contribution in [3.8, 4) is 0 Å². The third kappa shape index (κ3) is 3.13. The Hall–Kier alpha value is -2.01. The molecule has 0 saturated carbocycles. The molecule has 0 bridgehead atoms. The van der Waals surface area contributed by atoms with E-state index in [1.54, 1.807) is 6.33 Å². The topological polar surface area (TPSA) is 45.2 Å². The smallest absolute Gasteiger partial charge is 0.137 e. The normalized spacial score (nSPS) is 21.0. The van der Waals surface area contributed by atoms with E-state index in [1.165, 1.54) is 35.6 Å². The Morgan fingerprint density at radius 2 is 2.12 bits per heavy atom. The average Bonchev–Trinajstić information content (AvgIpc) is 3.08. The van der Waals surface area contributed by atoms with Gasteiger partial charge in [-0.1, -0.05) is 6.07 Å². The van der Waals surface area contributed by atoms with Gasteiger partial charge in [-0.2, -0.15) is 0 Å². The fourth-order valence-corrected chi connectivity index (χ4v) is 3.98. The molecule has 2 aromatic heterocycles. The van der Waals surface area contributed by atoms with Gasteiger partial charge in [-0.15, -0.1) is 0 Å². The number of rotatable bonds is 4. The molecule has 2 aromatic rings. The molecular formula is C19H25N5. The summed E-state index contributed by atoms with van der Waals surface area (Å²) in [5.74, 6) is 1.18. The van der Waals surface area contributed by atoms with Crippen LogP contribution in [0, 0.1) is 0 Å². The minimum absolute atomic E-state index is 0.568. The first-order chi connectivity index (χ1) is 11.8. The minimum atomic E-state index is 0.568. The maximum absolute atomic E-state index is 4.69. The second kappa shape index (κ2) is 6.85. The van der Waals surface area contributed by atoms with Crippen LogP contribution in [0.25, 0.3) is 0 Å². The number of hydrogen-bond acceptors (Lipinski definition) is 5. The second-order valence-corrected chi connectivity index (χ2v) is 6.96. The van der Waals surface area contributed by atoms with Crippen LogP contribution in [0.3, 0.4) is 0 Å². The van der Waals surface area contributed by atoms with E-state index in [2.05, 4.69) is 43.9 Å². The Labute approximate surface area is 143 Å². The summed E-state index contributed by atoms with van der Waals surface area (Å²) in [6.45, 7) is 3.17. The van der Waals surface area contributed by atoms with E-state index in [1.807, 2.05) is 12.3 Å². The minimum Gasteiger partial charge on any atom is -0.353 e. The Kier molecular flexibility index (Phi) is 4.43. The van der Waals surface area contributed by atoms with E-state index >= 15 is 0 Å². The van der Waals surface area contributed by atoms with E-state index in [9.17, 15) is 0 Å². The quantitative estimate of drug-likeness (QED) is 0.865. The maximum Gasteiger partial charge on any atom is 0.137 e. The maximum atomic E-state index is 4.69. The zero-order valence-corrected chi connectivity index (χ0v) is 14.4. The summed E-state index contributed by atoms with van der Waals surface area (Å²) in [6, 6.07) is 6.75. The van der Waals surface area contributed by atoms with Crippen molar-refractivity contribution in [2.45, 2.75) is 44.7 Å². The molecule has 5 heteroatoms. The monoisotopic (exact) mass is 323 g/mol. The fourth-order valence-electron chi connectivity index (χ4n) is 3.98. The van der Waals surface area contributed by atoms with Gasteiger partial charge in [0.15, 0.2) is 0 Å². The average molecular weight is 323 g/mol. The highest BCUT2D eigenvalue weighted by atomic mass is 15.2. The van der Waals surface area contributed by atoms with Crippen molar-refractivity contribution in [3.05, 3.63) is 47.7 Å². The lowest BCUT2D eigenvalue weighted by Crippen LogP contribution is -2.35. The summed E-state index contributed by atoms with van der Waals surface area (Å²) >= 11 is 0. The van der Waals surface area contributed by atoms with Crippen LogP contribution in [-0.4, -0.2) is 46.0 Å². The largest absolute Gasteiger partial charge is 0.353 e. The van der Waals surface area contributed by atoms with Gasteiger partial charge in [-0.05, 0) is 44.9 Å². The number of aromatic nitrogens is 3. The molecule has 0 radical (unpaired) electrons. The first-order valence-corrected chi connectivity index (χ1v) is 8.99. The SMILES string of the molecule is CN1CCc2ncnc(N3CCC[C@@H]3CCc3ccccn3)c2C1. The number of aryl methyl sites for hydroxylation is 1. The standard InChI is InChI=1S/C19H25N5/c1-23-12-9-18-17(13-23)19(22-14-21-18)24-11-4-6-16(24)8-7-15-5-2-3-10-20-15/h2-3,5,10,14,16H,4,6-9,11-13H2,1H3/t16-/m1/s1. The molecule has 0 N–H and O–H groups in total. The summed E-state index contributed by atoms with van der Waals surface area (Å²) in [4.78, 5) is 18.6. The van der Waals surface area contributed by atoms with Gasteiger partial charge in [0.1, 0.15) is 12.1 Å². The number of likely N-dealkylation sites (N-methyl/N-ethyl adjacent to an activating group) is 1. The lowest BCUT2D eigenvalue weighted by atomic mass is 10.0. The molecule has 0 amide bonds. The van der Waals surface area contributed by atoms with Crippen LogP contribution in [0.5, 0.6) is 0 Å². The Balaban J connectivity index is 1.53. The molecule has 0 aliphatic carbocycles. The van der Waals surface area contributed by atoms with Crippen LogP contribution in [-0.2, 0) is 19.4 Å². The first-order valence-electron chi connectivity index (χ1n) is 8.99. The summed E-state index contributed by atoms with van der Waals surface area (Å²) in [5, 5.41) is 0. The van der Waals surface area contributed by atoms with Crippen molar-refractivity contribution in [2.24, 2.45) is 0 Å². The van der Waals surface area contributed by atoms with Crippen LogP contribution in [0.15, 0.2) is 30.7 Å². The zero-order chi connectivity index (χ0) is 16.4. The van der Waals surface area contributed by atoms with Gasteiger partial charge in [-0.25, -0.2) is 9.97 Å².